The zero-order valence-corrected chi connectivity index (χ0v) is 35.8. The first-order valence-electron chi connectivity index (χ1n) is 22.5. The summed E-state index contributed by atoms with van der Waals surface area (Å²) in [6.45, 7) is 0. The molecule has 12 aromatic rings. The lowest BCUT2D eigenvalue weighted by Gasteiger charge is -2.15. The molecule has 0 radical (unpaired) electrons. The van der Waals surface area contributed by atoms with Crippen LogP contribution in [-0.4, -0.2) is 15.0 Å². The van der Waals surface area contributed by atoms with Gasteiger partial charge in [0.25, 0.3) is 0 Å². The highest BCUT2D eigenvalue weighted by atomic mass is 16.3. The molecule has 0 spiro atoms. The maximum atomic E-state index is 6.89. The Morgan fingerprint density at radius 1 is 0.348 bits per heavy atom. The van der Waals surface area contributed by atoms with Gasteiger partial charge < -0.3 is 8.83 Å². The van der Waals surface area contributed by atoms with Gasteiger partial charge in [-0.25, -0.2) is 15.0 Å². The molecule has 1 aliphatic rings. The zero-order valence-electron chi connectivity index (χ0n) is 35.8. The highest BCUT2D eigenvalue weighted by molar-refractivity contribution is 6.16. The van der Waals surface area contributed by atoms with E-state index in [1.807, 2.05) is 36.4 Å². The van der Waals surface area contributed by atoms with Gasteiger partial charge in [-0.3, -0.25) is 0 Å². The third kappa shape index (κ3) is 6.60. The number of hydrogen-bond donors (Lipinski definition) is 0. The number of nitrogens with zero attached hydrogens (tertiary/aromatic N) is 3. The molecule has 0 fully saturated rings. The summed E-state index contributed by atoms with van der Waals surface area (Å²) >= 11 is 0. The molecule has 0 amide bonds. The maximum absolute atomic E-state index is 6.89. The Balaban J connectivity index is 0.979. The topological polar surface area (TPSA) is 65.0 Å². The third-order valence-corrected chi connectivity index (χ3v) is 12.9. The van der Waals surface area contributed by atoms with Crippen LogP contribution in [0.2, 0.25) is 0 Å². The third-order valence-electron chi connectivity index (χ3n) is 12.9. The number of furan rings is 2. The highest BCUT2D eigenvalue weighted by Gasteiger charge is 2.21. The average Bonchev–Trinajstić information content (AvgIpc) is 3.97. The number of benzene rings is 9. The molecule has 5 heteroatoms. The van der Waals surface area contributed by atoms with Crippen LogP contribution >= 0.6 is 0 Å². The molecule has 9 aromatic carbocycles. The van der Waals surface area contributed by atoms with Crippen molar-refractivity contribution in [2.45, 2.75) is 12.8 Å². The van der Waals surface area contributed by atoms with E-state index in [0.29, 0.717) is 17.5 Å². The smallest absolute Gasteiger partial charge is 0.164 e. The fourth-order valence-corrected chi connectivity index (χ4v) is 9.65. The van der Waals surface area contributed by atoms with Gasteiger partial charge in [0.05, 0.1) is 0 Å². The number of hydrogen-bond acceptors (Lipinski definition) is 5. The molecular weight excluding hydrogens is 807 g/mol. The predicted octanol–water partition coefficient (Wildman–Crippen LogP) is 16.6. The lowest BCUT2D eigenvalue weighted by atomic mass is 9.89. The minimum absolute atomic E-state index is 0.586. The standard InChI is InChI=1S/C61H39N3O2/c1-3-14-38(15-4-1)46-34-47(39-16-5-2-6-17-39)36-48(35-46)50-30-29-49(57-52-23-10-12-25-55(52)66-58(50)57)42-20-13-21-43(33-42)59-62-60(44-27-26-40-18-7-8-19-41(40)32-44)64-61(63-59)45-28-31-56-53(37-45)51-22-9-11-24-54(51)65-56/h1,3-5,7-37H,2,6H2. The number of fused-ring (bicyclic) bond motifs is 7. The number of allylic oxidation sites excluding steroid dienone is 4. The number of aromatic nitrogens is 3. The Bertz CT molecular complexity index is 3950. The first-order valence-corrected chi connectivity index (χ1v) is 22.5. The average molecular weight is 846 g/mol. The van der Waals surface area contributed by atoms with Crippen molar-refractivity contribution in [2.24, 2.45) is 0 Å². The van der Waals surface area contributed by atoms with Gasteiger partial charge in [0.1, 0.15) is 22.3 Å². The van der Waals surface area contributed by atoms with Crippen molar-refractivity contribution >= 4 is 60.2 Å². The van der Waals surface area contributed by atoms with E-state index >= 15 is 0 Å². The van der Waals surface area contributed by atoms with Crippen LogP contribution in [0.4, 0.5) is 0 Å². The maximum Gasteiger partial charge on any atom is 0.164 e. The summed E-state index contributed by atoms with van der Waals surface area (Å²) in [5.41, 5.74) is 15.1. The van der Waals surface area contributed by atoms with Gasteiger partial charge in [0, 0.05) is 43.8 Å². The summed E-state index contributed by atoms with van der Waals surface area (Å²) in [4.78, 5) is 15.6. The van der Waals surface area contributed by atoms with Crippen LogP contribution in [0.3, 0.4) is 0 Å². The molecule has 0 saturated heterocycles. The van der Waals surface area contributed by atoms with Gasteiger partial charge in [0.15, 0.2) is 17.5 Å². The van der Waals surface area contributed by atoms with Crippen LogP contribution in [0, 0.1) is 0 Å². The Hall–Kier alpha value is -8.67. The molecule has 0 aliphatic heterocycles. The Kier molecular flexibility index (Phi) is 8.91. The normalized spacial score (nSPS) is 12.8. The van der Waals surface area contributed by atoms with Crippen LogP contribution < -0.4 is 0 Å². The van der Waals surface area contributed by atoms with Gasteiger partial charge in [-0.05, 0) is 129 Å². The van der Waals surface area contributed by atoms with Crippen molar-refractivity contribution in [1.29, 1.82) is 0 Å². The largest absolute Gasteiger partial charge is 0.456 e. The summed E-state index contributed by atoms with van der Waals surface area (Å²) in [5.74, 6) is 1.78. The van der Waals surface area contributed by atoms with Crippen LogP contribution in [0.5, 0.6) is 0 Å². The van der Waals surface area contributed by atoms with Crippen molar-refractivity contribution in [3.05, 3.63) is 218 Å². The highest BCUT2D eigenvalue weighted by Crippen LogP contribution is 2.44. The van der Waals surface area contributed by atoms with Crippen LogP contribution in [0.25, 0.3) is 128 Å². The van der Waals surface area contributed by atoms with Crippen LogP contribution in [0.1, 0.15) is 18.4 Å². The van der Waals surface area contributed by atoms with Crippen molar-refractivity contribution in [2.75, 3.05) is 0 Å². The van der Waals surface area contributed by atoms with Crippen molar-refractivity contribution in [1.82, 2.24) is 15.0 Å². The number of para-hydroxylation sites is 2. The second-order valence-electron chi connectivity index (χ2n) is 17.0. The van der Waals surface area contributed by atoms with Crippen LogP contribution in [-0.2, 0) is 0 Å². The van der Waals surface area contributed by atoms with Gasteiger partial charge in [-0.15, -0.1) is 0 Å². The second kappa shape index (κ2) is 15.5. The van der Waals surface area contributed by atoms with Crippen LogP contribution in [0.15, 0.2) is 221 Å². The monoisotopic (exact) mass is 845 g/mol. The zero-order chi connectivity index (χ0) is 43.6. The molecule has 13 rings (SSSR count). The molecule has 0 bridgehead atoms. The summed E-state index contributed by atoms with van der Waals surface area (Å²) < 4.78 is 13.1. The quantitative estimate of drug-likeness (QED) is 0.160. The molecule has 0 N–H and O–H groups in total. The molecule has 0 saturated carbocycles. The molecule has 0 unspecified atom stereocenters. The van der Waals surface area contributed by atoms with E-state index in [4.69, 9.17) is 23.8 Å². The molecule has 66 heavy (non-hydrogen) atoms. The molecular formula is C61H39N3O2. The van der Waals surface area contributed by atoms with E-state index in [1.54, 1.807) is 0 Å². The number of rotatable bonds is 7. The Morgan fingerprint density at radius 2 is 0.955 bits per heavy atom. The fourth-order valence-electron chi connectivity index (χ4n) is 9.65. The Labute approximate surface area is 380 Å². The van der Waals surface area contributed by atoms with Crippen molar-refractivity contribution < 1.29 is 8.83 Å². The summed E-state index contributed by atoms with van der Waals surface area (Å²) in [7, 11) is 0. The molecule has 5 nitrogen and oxygen atoms in total. The minimum Gasteiger partial charge on any atom is -0.456 e. The lowest BCUT2D eigenvalue weighted by Crippen LogP contribution is -2.00. The van der Waals surface area contributed by atoms with E-state index in [0.717, 1.165) is 106 Å². The van der Waals surface area contributed by atoms with E-state index < -0.39 is 0 Å². The lowest BCUT2D eigenvalue weighted by molar-refractivity contribution is 0.669. The fraction of sp³-hybridized carbons (Fsp3) is 0.0328. The van der Waals surface area contributed by atoms with Crippen molar-refractivity contribution in [3.8, 4) is 67.5 Å². The second-order valence-corrected chi connectivity index (χ2v) is 17.0. The summed E-state index contributed by atoms with van der Waals surface area (Å²) in [6.07, 6.45) is 8.98. The van der Waals surface area contributed by atoms with E-state index in [2.05, 4.69) is 176 Å². The molecule has 3 aromatic heterocycles. The SMILES string of the molecule is C1=CC(c2cc(-c3ccccc3)cc(-c3ccc(-c4cccc(-c5nc(-c6ccc7ccccc7c6)nc(-c6ccc7oc8ccccc8c7c6)n5)c4)c4c3oc3ccccc34)c2)=CCC1. The Morgan fingerprint density at radius 3 is 1.77 bits per heavy atom. The first-order chi connectivity index (χ1) is 32.7. The molecule has 1 aliphatic carbocycles. The van der Waals surface area contributed by atoms with E-state index in [9.17, 15) is 0 Å². The molecule has 310 valence electrons. The van der Waals surface area contributed by atoms with Gasteiger partial charge in [0.2, 0.25) is 0 Å². The predicted molar refractivity (Wildman–Crippen MR) is 271 cm³/mol. The van der Waals surface area contributed by atoms with E-state index in [1.165, 1.54) is 22.3 Å². The van der Waals surface area contributed by atoms with Gasteiger partial charge in [-0.2, -0.15) is 0 Å². The van der Waals surface area contributed by atoms with Gasteiger partial charge >= 0.3 is 0 Å². The first kappa shape index (κ1) is 37.8. The minimum atomic E-state index is 0.586. The van der Waals surface area contributed by atoms with Crippen molar-refractivity contribution in [3.63, 3.8) is 0 Å². The molecule has 3 heterocycles. The molecule has 0 atom stereocenters. The van der Waals surface area contributed by atoms with Gasteiger partial charge in [-0.1, -0.05) is 146 Å². The summed E-state index contributed by atoms with van der Waals surface area (Å²) in [6, 6.07) is 68.0. The summed E-state index contributed by atoms with van der Waals surface area (Å²) in [5, 5.41) is 6.49. The van der Waals surface area contributed by atoms with E-state index in [-0.39, 0.29) is 0 Å².